The summed E-state index contributed by atoms with van der Waals surface area (Å²) in [6, 6.07) is 0. The van der Waals surface area contributed by atoms with Crippen LogP contribution in [0.5, 0.6) is 0 Å². The van der Waals surface area contributed by atoms with Crippen molar-refractivity contribution >= 4 is 11.9 Å². The maximum atomic E-state index is 12.4. The molecule has 5 nitrogen and oxygen atoms in total. The second-order valence-electron chi connectivity index (χ2n) is 6.25. The molecule has 0 rings (SSSR count). The van der Waals surface area contributed by atoms with Crippen molar-refractivity contribution in [3.63, 3.8) is 0 Å². The highest BCUT2D eigenvalue weighted by atomic mass is 16.5. The van der Waals surface area contributed by atoms with E-state index in [0.717, 1.165) is 26.1 Å². The number of esters is 1. The number of carbonyl (C=O) groups excluding carboxylic acids is 2. The van der Waals surface area contributed by atoms with E-state index in [0.29, 0.717) is 13.1 Å². The number of ether oxygens (including phenoxy) is 1. The Kier molecular flexibility index (Phi) is 9.26. The van der Waals surface area contributed by atoms with Crippen LogP contribution in [0.3, 0.4) is 0 Å². The molecule has 0 N–H and O–H groups in total. The van der Waals surface area contributed by atoms with E-state index in [1.54, 1.807) is 4.90 Å². The lowest BCUT2D eigenvalue weighted by atomic mass is 9.94. The van der Waals surface area contributed by atoms with Gasteiger partial charge in [-0.05, 0) is 26.1 Å². The minimum Gasteiger partial charge on any atom is -0.469 e. The normalized spacial score (nSPS) is 11.6. The van der Waals surface area contributed by atoms with E-state index in [1.165, 1.54) is 7.11 Å². The average molecular weight is 300 g/mol. The van der Waals surface area contributed by atoms with Crippen molar-refractivity contribution in [1.29, 1.82) is 0 Å². The monoisotopic (exact) mass is 300 g/mol. The molecule has 0 saturated carbocycles. The number of carbonyl (C=O) groups is 2. The van der Waals surface area contributed by atoms with Crippen LogP contribution in [0.25, 0.3) is 0 Å². The molecule has 0 aliphatic carbocycles. The van der Waals surface area contributed by atoms with Crippen LogP contribution in [0, 0.1) is 5.41 Å². The molecule has 0 saturated heterocycles. The minimum absolute atomic E-state index is 0.0888. The molecule has 0 bridgehead atoms. The van der Waals surface area contributed by atoms with E-state index in [-0.39, 0.29) is 18.3 Å². The van der Waals surface area contributed by atoms with Gasteiger partial charge >= 0.3 is 5.97 Å². The van der Waals surface area contributed by atoms with Gasteiger partial charge in [-0.3, -0.25) is 9.59 Å². The summed E-state index contributed by atoms with van der Waals surface area (Å²) in [5, 5.41) is 0. The maximum Gasteiger partial charge on any atom is 0.307 e. The lowest BCUT2D eigenvalue weighted by Gasteiger charge is -2.30. The molecule has 1 amide bonds. The van der Waals surface area contributed by atoms with Gasteiger partial charge in [0.15, 0.2) is 0 Å². The summed E-state index contributed by atoms with van der Waals surface area (Å²) < 4.78 is 4.66. The predicted molar refractivity (Wildman–Crippen MR) is 85.1 cm³/mol. The summed E-state index contributed by atoms with van der Waals surface area (Å²) in [4.78, 5) is 27.9. The third-order valence-electron chi connectivity index (χ3n) is 3.54. The van der Waals surface area contributed by atoms with Gasteiger partial charge in [0.1, 0.15) is 0 Å². The molecule has 0 spiro atoms. The van der Waals surface area contributed by atoms with Crippen molar-refractivity contribution in [3.05, 3.63) is 0 Å². The number of methoxy groups -OCH3 is 1. The van der Waals surface area contributed by atoms with Gasteiger partial charge in [-0.15, -0.1) is 0 Å². The molecular formula is C16H32N2O3. The maximum absolute atomic E-state index is 12.4. The predicted octanol–water partition coefficient (Wildman–Crippen LogP) is 2.16. The lowest BCUT2D eigenvalue weighted by molar-refractivity contribution is -0.143. The Morgan fingerprint density at radius 2 is 1.57 bits per heavy atom. The van der Waals surface area contributed by atoms with E-state index in [1.807, 2.05) is 20.8 Å². The molecule has 0 radical (unpaired) electrons. The van der Waals surface area contributed by atoms with Crippen LogP contribution in [0.15, 0.2) is 0 Å². The lowest BCUT2D eigenvalue weighted by Crippen LogP contribution is -2.42. The first-order valence-corrected chi connectivity index (χ1v) is 7.84. The summed E-state index contributed by atoms with van der Waals surface area (Å²) in [5.74, 6) is -0.184. The number of hydrogen-bond acceptors (Lipinski definition) is 4. The molecule has 0 aromatic carbocycles. The largest absolute Gasteiger partial charge is 0.469 e. The topological polar surface area (TPSA) is 49.9 Å². The van der Waals surface area contributed by atoms with Crippen LogP contribution in [0.2, 0.25) is 0 Å². The molecule has 0 fully saturated rings. The van der Waals surface area contributed by atoms with E-state index in [4.69, 9.17) is 0 Å². The summed E-state index contributed by atoms with van der Waals surface area (Å²) in [6.07, 6.45) is 1.17. The Bertz CT molecular complexity index is 320. The molecule has 0 aliphatic rings. The first-order chi connectivity index (χ1) is 9.76. The Morgan fingerprint density at radius 3 is 2.00 bits per heavy atom. The molecule has 0 unspecified atom stereocenters. The van der Waals surface area contributed by atoms with E-state index in [2.05, 4.69) is 23.5 Å². The van der Waals surface area contributed by atoms with Gasteiger partial charge in [-0.1, -0.05) is 34.6 Å². The van der Waals surface area contributed by atoms with Crippen molar-refractivity contribution in [3.8, 4) is 0 Å². The fourth-order valence-corrected chi connectivity index (χ4v) is 2.14. The fraction of sp³-hybridized carbons (Fsp3) is 0.875. The van der Waals surface area contributed by atoms with Gasteiger partial charge in [0, 0.05) is 18.5 Å². The summed E-state index contributed by atoms with van der Waals surface area (Å²) in [6.45, 7) is 14.1. The van der Waals surface area contributed by atoms with Gasteiger partial charge in [0.05, 0.1) is 13.5 Å². The van der Waals surface area contributed by atoms with Crippen molar-refractivity contribution in [1.82, 2.24) is 9.80 Å². The highest BCUT2D eigenvalue weighted by Gasteiger charge is 2.27. The number of rotatable bonds is 9. The molecule has 0 aliphatic heterocycles. The van der Waals surface area contributed by atoms with Crippen molar-refractivity contribution in [2.75, 3.05) is 39.8 Å². The zero-order chi connectivity index (χ0) is 16.5. The minimum atomic E-state index is -0.425. The smallest absolute Gasteiger partial charge is 0.307 e. The van der Waals surface area contributed by atoms with Crippen LogP contribution < -0.4 is 0 Å². The molecule has 0 heterocycles. The fourth-order valence-electron chi connectivity index (χ4n) is 2.14. The molecule has 124 valence electrons. The van der Waals surface area contributed by atoms with Gasteiger partial charge in [-0.2, -0.15) is 0 Å². The SMILES string of the molecule is CCN(CC)CCCN(CCC(=O)OC)C(=O)C(C)(C)C. The Labute approximate surface area is 129 Å². The summed E-state index contributed by atoms with van der Waals surface area (Å²) in [7, 11) is 1.37. The van der Waals surface area contributed by atoms with Crippen molar-refractivity contribution in [2.24, 2.45) is 5.41 Å². The van der Waals surface area contributed by atoms with Crippen LogP contribution in [0.4, 0.5) is 0 Å². The Balaban J connectivity index is 4.51. The average Bonchev–Trinajstić information content (AvgIpc) is 2.44. The second-order valence-corrected chi connectivity index (χ2v) is 6.25. The molecule has 5 heteroatoms. The second kappa shape index (κ2) is 9.77. The van der Waals surface area contributed by atoms with Gasteiger partial charge in [0.2, 0.25) is 5.91 Å². The first kappa shape index (κ1) is 19.9. The molecule has 0 aromatic heterocycles. The van der Waals surface area contributed by atoms with Crippen LogP contribution in [0.1, 0.15) is 47.5 Å². The van der Waals surface area contributed by atoms with Crippen LogP contribution >= 0.6 is 0 Å². The van der Waals surface area contributed by atoms with Crippen LogP contribution in [-0.4, -0.2) is 61.5 Å². The Hall–Kier alpha value is -1.10. The zero-order valence-corrected chi connectivity index (χ0v) is 14.6. The van der Waals surface area contributed by atoms with Gasteiger partial charge in [0.25, 0.3) is 0 Å². The summed E-state index contributed by atoms with van der Waals surface area (Å²) in [5.41, 5.74) is -0.425. The first-order valence-electron chi connectivity index (χ1n) is 7.84. The molecular weight excluding hydrogens is 268 g/mol. The van der Waals surface area contributed by atoms with Crippen molar-refractivity contribution in [2.45, 2.75) is 47.5 Å². The van der Waals surface area contributed by atoms with Gasteiger partial charge in [-0.25, -0.2) is 0 Å². The van der Waals surface area contributed by atoms with E-state index < -0.39 is 5.41 Å². The zero-order valence-electron chi connectivity index (χ0n) is 14.6. The van der Waals surface area contributed by atoms with E-state index in [9.17, 15) is 9.59 Å². The number of nitrogens with zero attached hydrogens (tertiary/aromatic N) is 2. The van der Waals surface area contributed by atoms with E-state index >= 15 is 0 Å². The molecule has 0 atom stereocenters. The molecule has 21 heavy (non-hydrogen) atoms. The highest BCUT2D eigenvalue weighted by molar-refractivity contribution is 5.82. The summed E-state index contributed by atoms with van der Waals surface area (Å²) >= 11 is 0. The quantitative estimate of drug-likeness (QED) is 0.612. The third-order valence-corrected chi connectivity index (χ3v) is 3.54. The van der Waals surface area contributed by atoms with Crippen molar-refractivity contribution < 1.29 is 14.3 Å². The van der Waals surface area contributed by atoms with Crippen LogP contribution in [-0.2, 0) is 14.3 Å². The van der Waals surface area contributed by atoms with Gasteiger partial charge < -0.3 is 14.5 Å². The number of hydrogen-bond donors (Lipinski definition) is 0. The molecule has 0 aromatic rings. The third kappa shape index (κ3) is 8.05. The Morgan fingerprint density at radius 1 is 1.00 bits per heavy atom. The highest BCUT2D eigenvalue weighted by Crippen LogP contribution is 2.18. The number of amides is 1. The standard InChI is InChI=1S/C16H32N2O3/c1-7-17(8-2)11-9-12-18(13-10-14(19)21-6)15(20)16(3,4)5/h7-13H2,1-6H3.